The highest BCUT2D eigenvalue weighted by Crippen LogP contribution is 2.25. The van der Waals surface area contributed by atoms with Gasteiger partial charge in [-0.15, -0.1) is 0 Å². The van der Waals surface area contributed by atoms with Gasteiger partial charge < -0.3 is 24.8 Å². The summed E-state index contributed by atoms with van der Waals surface area (Å²) >= 11 is 0. The van der Waals surface area contributed by atoms with Crippen molar-refractivity contribution in [3.05, 3.63) is 58.5 Å². The number of rotatable bonds is 7. The van der Waals surface area contributed by atoms with Crippen molar-refractivity contribution < 1.29 is 14.3 Å². The van der Waals surface area contributed by atoms with Crippen molar-refractivity contribution in [2.45, 2.75) is 6.42 Å². The molecule has 2 aromatic carbocycles. The highest BCUT2D eigenvalue weighted by atomic mass is 16.5. The number of benzene rings is 2. The fourth-order valence-corrected chi connectivity index (χ4v) is 2.51. The molecule has 0 saturated carbocycles. The van der Waals surface area contributed by atoms with E-state index in [-0.39, 0.29) is 18.2 Å². The summed E-state index contributed by atoms with van der Waals surface area (Å²) in [6.45, 7) is 0.402. The molecule has 0 aliphatic carbocycles. The maximum atomic E-state index is 11.9. The second kappa shape index (κ2) is 7.57. The Balaban J connectivity index is 1.47. The molecule has 0 spiro atoms. The Labute approximate surface area is 144 Å². The van der Waals surface area contributed by atoms with Gasteiger partial charge in [0.1, 0.15) is 0 Å². The van der Waals surface area contributed by atoms with Gasteiger partial charge in [-0.25, -0.2) is 4.79 Å². The van der Waals surface area contributed by atoms with Crippen LogP contribution in [0.2, 0.25) is 0 Å². The first-order valence-corrected chi connectivity index (χ1v) is 7.89. The molecule has 0 fully saturated rings. The fourth-order valence-electron chi connectivity index (χ4n) is 2.51. The third kappa shape index (κ3) is 4.20. The monoisotopic (exact) mass is 341 g/mol. The predicted molar refractivity (Wildman–Crippen MR) is 94.1 cm³/mol. The molecule has 130 valence electrons. The highest BCUT2D eigenvalue weighted by molar-refractivity contribution is 5.77. The Morgan fingerprint density at radius 1 is 1.08 bits per heavy atom. The lowest BCUT2D eigenvalue weighted by molar-refractivity contribution is -0.123. The molecule has 1 amide bonds. The minimum absolute atomic E-state index is 0.0788. The maximum Gasteiger partial charge on any atom is 0.323 e. The van der Waals surface area contributed by atoms with E-state index in [0.29, 0.717) is 24.5 Å². The van der Waals surface area contributed by atoms with Gasteiger partial charge in [-0.05, 0) is 36.2 Å². The average Bonchev–Trinajstić information content (AvgIpc) is 2.99. The van der Waals surface area contributed by atoms with Gasteiger partial charge in [-0.1, -0.05) is 18.2 Å². The SMILES string of the molecule is COc1ccccc1OCC(=O)NCCc1ccc2[nH]c(=O)[nH]c2c1. The van der Waals surface area contributed by atoms with E-state index in [1.807, 2.05) is 30.3 Å². The molecule has 1 aromatic heterocycles. The standard InChI is InChI=1S/C18H19N3O4/c1-24-15-4-2-3-5-16(15)25-11-17(22)19-9-8-12-6-7-13-14(10-12)21-18(23)20-13/h2-7,10H,8-9,11H2,1H3,(H,19,22)(H2,20,21,23). The normalized spacial score (nSPS) is 10.6. The van der Waals surface area contributed by atoms with E-state index in [4.69, 9.17) is 9.47 Å². The first-order valence-electron chi connectivity index (χ1n) is 7.89. The minimum Gasteiger partial charge on any atom is -0.493 e. The van der Waals surface area contributed by atoms with E-state index >= 15 is 0 Å². The minimum atomic E-state index is -0.228. The number of hydrogen-bond donors (Lipinski definition) is 3. The topological polar surface area (TPSA) is 96.2 Å². The summed E-state index contributed by atoms with van der Waals surface area (Å²) in [4.78, 5) is 28.6. The number of aromatic amines is 2. The molecule has 0 bridgehead atoms. The number of ether oxygens (including phenoxy) is 2. The first-order chi connectivity index (χ1) is 12.2. The van der Waals surface area contributed by atoms with Gasteiger partial charge >= 0.3 is 5.69 Å². The van der Waals surface area contributed by atoms with Gasteiger partial charge in [-0.3, -0.25) is 4.79 Å². The van der Waals surface area contributed by atoms with Gasteiger partial charge in [-0.2, -0.15) is 0 Å². The molecular formula is C18H19N3O4. The molecule has 1 heterocycles. The number of methoxy groups -OCH3 is 1. The lowest BCUT2D eigenvalue weighted by Gasteiger charge is -2.10. The molecule has 0 aliphatic rings. The molecule has 3 aromatic rings. The number of imidazole rings is 1. The van der Waals surface area contributed by atoms with Crippen LogP contribution in [0.5, 0.6) is 11.5 Å². The third-order valence-electron chi connectivity index (χ3n) is 3.74. The molecule has 0 unspecified atom stereocenters. The van der Waals surface area contributed by atoms with Gasteiger partial charge in [0, 0.05) is 6.54 Å². The number of carbonyl (C=O) groups excluding carboxylic acids is 1. The molecular weight excluding hydrogens is 322 g/mol. The van der Waals surface area contributed by atoms with E-state index < -0.39 is 0 Å². The van der Waals surface area contributed by atoms with E-state index in [9.17, 15) is 9.59 Å². The number of carbonyl (C=O) groups is 1. The summed E-state index contributed by atoms with van der Waals surface area (Å²) in [6, 6.07) is 12.8. The lowest BCUT2D eigenvalue weighted by atomic mass is 10.1. The van der Waals surface area contributed by atoms with Crippen molar-refractivity contribution in [1.82, 2.24) is 15.3 Å². The smallest absolute Gasteiger partial charge is 0.323 e. The van der Waals surface area contributed by atoms with Crippen molar-refractivity contribution in [3.63, 3.8) is 0 Å². The second-order valence-corrected chi connectivity index (χ2v) is 5.50. The number of aromatic nitrogens is 2. The highest BCUT2D eigenvalue weighted by Gasteiger charge is 2.07. The predicted octanol–water partition coefficient (Wildman–Crippen LogP) is 1.60. The molecule has 3 rings (SSSR count). The first kappa shape index (κ1) is 16.6. The van der Waals surface area contributed by atoms with Crippen LogP contribution in [-0.4, -0.2) is 36.1 Å². The van der Waals surface area contributed by atoms with Crippen LogP contribution < -0.4 is 20.5 Å². The molecule has 0 saturated heterocycles. The summed E-state index contributed by atoms with van der Waals surface area (Å²) in [5.74, 6) is 0.910. The number of hydrogen-bond acceptors (Lipinski definition) is 4. The van der Waals surface area contributed by atoms with Gasteiger partial charge in [0.15, 0.2) is 18.1 Å². The number of amides is 1. The molecule has 7 heteroatoms. The number of fused-ring (bicyclic) bond motifs is 1. The van der Waals surface area contributed by atoms with Gasteiger partial charge in [0.2, 0.25) is 0 Å². The Kier molecular flexibility index (Phi) is 5.03. The van der Waals surface area contributed by atoms with Crippen LogP contribution in [-0.2, 0) is 11.2 Å². The lowest BCUT2D eigenvalue weighted by Crippen LogP contribution is -2.30. The van der Waals surface area contributed by atoms with E-state index in [2.05, 4.69) is 15.3 Å². The van der Waals surface area contributed by atoms with Crippen molar-refractivity contribution in [2.24, 2.45) is 0 Å². The van der Waals surface area contributed by atoms with Crippen molar-refractivity contribution in [2.75, 3.05) is 20.3 Å². The van der Waals surface area contributed by atoms with Crippen LogP contribution in [0.1, 0.15) is 5.56 Å². The average molecular weight is 341 g/mol. The molecule has 3 N–H and O–H groups in total. The van der Waals surface area contributed by atoms with Crippen molar-refractivity contribution >= 4 is 16.9 Å². The molecule has 0 atom stereocenters. The summed E-state index contributed by atoms with van der Waals surface area (Å²) in [6.07, 6.45) is 0.656. The second-order valence-electron chi connectivity index (χ2n) is 5.50. The Hall–Kier alpha value is -3.22. The quantitative estimate of drug-likeness (QED) is 0.608. The van der Waals surface area contributed by atoms with Crippen LogP contribution in [0, 0.1) is 0 Å². The molecule has 0 radical (unpaired) electrons. The van der Waals surface area contributed by atoms with Crippen molar-refractivity contribution in [1.29, 1.82) is 0 Å². The zero-order chi connectivity index (χ0) is 17.6. The molecule has 7 nitrogen and oxygen atoms in total. The van der Waals surface area contributed by atoms with Crippen LogP contribution in [0.15, 0.2) is 47.3 Å². The van der Waals surface area contributed by atoms with E-state index in [1.54, 1.807) is 19.2 Å². The Morgan fingerprint density at radius 3 is 2.64 bits per heavy atom. The van der Waals surface area contributed by atoms with Crippen LogP contribution in [0.4, 0.5) is 0 Å². The van der Waals surface area contributed by atoms with Crippen molar-refractivity contribution in [3.8, 4) is 11.5 Å². The van der Waals surface area contributed by atoms with Gasteiger partial charge in [0.05, 0.1) is 18.1 Å². The summed E-state index contributed by atoms with van der Waals surface area (Å²) in [5, 5.41) is 2.81. The fraction of sp³-hybridized carbons (Fsp3) is 0.222. The van der Waals surface area contributed by atoms with Crippen LogP contribution in [0.3, 0.4) is 0 Å². The molecule has 0 aliphatic heterocycles. The maximum absolute atomic E-state index is 11.9. The number of H-pyrrole nitrogens is 2. The van der Waals surface area contributed by atoms with E-state index in [0.717, 1.165) is 16.6 Å². The zero-order valence-electron chi connectivity index (χ0n) is 13.8. The Bertz CT molecular complexity index is 929. The Morgan fingerprint density at radius 2 is 1.84 bits per heavy atom. The number of nitrogens with one attached hydrogen (secondary N) is 3. The molecule has 25 heavy (non-hydrogen) atoms. The summed E-state index contributed by atoms with van der Waals surface area (Å²) < 4.78 is 10.6. The van der Waals surface area contributed by atoms with E-state index in [1.165, 1.54) is 0 Å². The van der Waals surface area contributed by atoms with Crippen LogP contribution >= 0.6 is 0 Å². The summed E-state index contributed by atoms with van der Waals surface area (Å²) in [5.41, 5.74) is 2.32. The zero-order valence-corrected chi connectivity index (χ0v) is 13.8. The third-order valence-corrected chi connectivity index (χ3v) is 3.74. The number of para-hydroxylation sites is 2. The van der Waals surface area contributed by atoms with Crippen LogP contribution in [0.25, 0.3) is 11.0 Å². The summed E-state index contributed by atoms with van der Waals surface area (Å²) in [7, 11) is 1.55. The largest absolute Gasteiger partial charge is 0.493 e. The van der Waals surface area contributed by atoms with Gasteiger partial charge in [0.25, 0.3) is 5.91 Å².